The average molecular weight is 359 g/mol. The maximum atomic E-state index is 13.6. The zero-order valence-electron chi connectivity index (χ0n) is 16.6. The van der Waals surface area contributed by atoms with E-state index in [1.807, 2.05) is 6.07 Å². The molecule has 1 aromatic heterocycles. The monoisotopic (exact) mass is 358 g/mol. The number of piperidine rings is 1. The maximum absolute atomic E-state index is 13.6. The first-order valence-electron chi connectivity index (χ1n) is 10.7. The summed E-state index contributed by atoms with van der Waals surface area (Å²) in [4.78, 5) is 6.00. The zero-order chi connectivity index (χ0) is 18.4. The van der Waals surface area contributed by atoms with Crippen LogP contribution >= 0.6 is 0 Å². The Hall–Kier alpha value is -1.35. The van der Waals surface area contributed by atoms with Crippen LogP contribution in [0.3, 0.4) is 0 Å². The Kier molecular flexibility index (Phi) is 7.13. The van der Waals surface area contributed by atoms with E-state index in [2.05, 4.69) is 29.9 Å². The molecule has 144 valence electrons. The molecule has 1 atom stereocenters. The van der Waals surface area contributed by atoms with Crippen molar-refractivity contribution >= 4 is 10.9 Å². The molecule has 0 spiro atoms. The van der Waals surface area contributed by atoms with Crippen molar-refractivity contribution in [1.29, 1.82) is 0 Å². The normalized spacial score (nSPS) is 17.8. The maximum Gasteiger partial charge on any atom is 0.123 e. The largest absolute Gasteiger partial charge is 0.361 e. The molecule has 3 heteroatoms. The minimum Gasteiger partial charge on any atom is -0.361 e. The van der Waals surface area contributed by atoms with Crippen molar-refractivity contribution < 1.29 is 4.39 Å². The Morgan fingerprint density at radius 2 is 1.92 bits per heavy atom. The highest BCUT2D eigenvalue weighted by atomic mass is 19.1. The summed E-state index contributed by atoms with van der Waals surface area (Å²) in [5, 5.41) is 1.08. The van der Waals surface area contributed by atoms with Gasteiger partial charge in [-0.1, -0.05) is 39.5 Å². The number of hydrogen-bond acceptors (Lipinski definition) is 1. The number of hydrogen-bond donors (Lipinski definition) is 1. The van der Waals surface area contributed by atoms with Gasteiger partial charge in [-0.2, -0.15) is 0 Å². The molecule has 0 aliphatic carbocycles. The number of benzene rings is 1. The number of fused-ring (bicyclic) bond motifs is 1. The molecule has 1 saturated heterocycles. The van der Waals surface area contributed by atoms with Crippen molar-refractivity contribution in [1.82, 2.24) is 9.88 Å². The molecule has 0 saturated carbocycles. The Labute approximate surface area is 158 Å². The SMILES string of the molecule is CCCCCC(CCC)CN1CCC(c2c[nH]c3ccc(F)cc23)CC1. The van der Waals surface area contributed by atoms with E-state index in [9.17, 15) is 4.39 Å². The third kappa shape index (κ3) is 4.88. The lowest BCUT2D eigenvalue weighted by Gasteiger charge is -2.34. The van der Waals surface area contributed by atoms with Crippen LogP contribution in [0.1, 0.15) is 76.7 Å². The molecule has 0 radical (unpaired) electrons. The number of nitrogens with one attached hydrogen (secondary N) is 1. The first kappa shape index (κ1) is 19.4. The molecule has 0 bridgehead atoms. The van der Waals surface area contributed by atoms with Crippen LogP contribution in [0.2, 0.25) is 0 Å². The summed E-state index contributed by atoms with van der Waals surface area (Å²) in [6.45, 7) is 8.24. The van der Waals surface area contributed by atoms with Gasteiger partial charge in [0, 0.05) is 23.6 Å². The molecule has 1 aromatic carbocycles. The molecule has 1 aliphatic rings. The van der Waals surface area contributed by atoms with E-state index >= 15 is 0 Å². The van der Waals surface area contributed by atoms with E-state index in [1.165, 1.54) is 82.6 Å². The number of halogens is 1. The van der Waals surface area contributed by atoms with E-state index in [0.29, 0.717) is 5.92 Å². The van der Waals surface area contributed by atoms with E-state index in [1.54, 1.807) is 6.07 Å². The third-order valence-electron chi connectivity index (χ3n) is 6.13. The second-order valence-corrected chi connectivity index (χ2v) is 8.16. The number of aromatic nitrogens is 1. The van der Waals surface area contributed by atoms with Gasteiger partial charge in [0.25, 0.3) is 0 Å². The van der Waals surface area contributed by atoms with Crippen LogP contribution in [-0.4, -0.2) is 29.5 Å². The number of aromatic amines is 1. The molecule has 2 heterocycles. The second-order valence-electron chi connectivity index (χ2n) is 8.16. The van der Waals surface area contributed by atoms with Crippen LogP contribution in [0, 0.1) is 11.7 Å². The summed E-state index contributed by atoms with van der Waals surface area (Å²) < 4.78 is 13.6. The number of rotatable bonds is 9. The van der Waals surface area contributed by atoms with Gasteiger partial charge < -0.3 is 9.88 Å². The molecule has 1 aliphatic heterocycles. The van der Waals surface area contributed by atoms with Gasteiger partial charge in [-0.25, -0.2) is 4.39 Å². The Morgan fingerprint density at radius 3 is 2.65 bits per heavy atom. The predicted molar refractivity (Wildman–Crippen MR) is 109 cm³/mol. The summed E-state index contributed by atoms with van der Waals surface area (Å²) >= 11 is 0. The Balaban J connectivity index is 1.55. The topological polar surface area (TPSA) is 19.0 Å². The molecule has 1 unspecified atom stereocenters. The smallest absolute Gasteiger partial charge is 0.123 e. The first-order valence-corrected chi connectivity index (χ1v) is 10.7. The van der Waals surface area contributed by atoms with Gasteiger partial charge in [-0.15, -0.1) is 0 Å². The quantitative estimate of drug-likeness (QED) is 0.508. The molecule has 2 aromatic rings. The van der Waals surface area contributed by atoms with Crippen LogP contribution < -0.4 is 0 Å². The fraction of sp³-hybridized carbons (Fsp3) is 0.652. The summed E-state index contributed by atoms with van der Waals surface area (Å²) in [5.41, 5.74) is 2.37. The van der Waals surface area contributed by atoms with E-state index in [4.69, 9.17) is 0 Å². The lowest BCUT2D eigenvalue weighted by molar-refractivity contribution is 0.173. The van der Waals surface area contributed by atoms with Crippen LogP contribution in [0.25, 0.3) is 10.9 Å². The Morgan fingerprint density at radius 1 is 1.12 bits per heavy atom. The molecule has 1 fully saturated rings. The molecular formula is C23H35FN2. The summed E-state index contributed by atoms with van der Waals surface area (Å²) in [6.07, 6.45) is 12.6. The van der Waals surface area contributed by atoms with Crippen molar-refractivity contribution in [2.24, 2.45) is 5.92 Å². The van der Waals surface area contributed by atoms with Crippen LogP contribution in [0.4, 0.5) is 4.39 Å². The van der Waals surface area contributed by atoms with Gasteiger partial charge in [-0.05, 0) is 74.4 Å². The predicted octanol–water partition coefficient (Wildman–Crippen LogP) is 6.48. The van der Waals surface area contributed by atoms with Gasteiger partial charge in [0.05, 0.1) is 0 Å². The van der Waals surface area contributed by atoms with Gasteiger partial charge in [0.2, 0.25) is 0 Å². The summed E-state index contributed by atoms with van der Waals surface area (Å²) in [6, 6.07) is 5.09. The molecule has 0 amide bonds. The highest BCUT2D eigenvalue weighted by Gasteiger charge is 2.24. The van der Waals surface area contributed by atoms with E-state index < -0.39 is 0 Å². The highest BCUT2D eigenvalue weighted by molar-refractivity contribution is 5.83. The van der Waals surface area contributed by atoms with Gasteiger partial charge in [-0.3, -0.25) is 0 Å². The number of likely N-dealkylation sites (tertiary alicyclic amines) is 1. The van der Waals surface area contributed by atoms with Gasteiger partial charge >= 0.3 is 0 Å². The molecular weight excluding hydrogens is 323 g/mol. The van der Waals surface area contributed by atoms with Crippen molar-refractivity contribution in [3.8, 4) is 0 Å². The fourth-order valence-electron chi connectivity index (χ4n) is 4.66. The minimum atomic E-state index is -0.134. The minimum absolute atomic E-state index is 0.134. The average Bonchev–Trinajstić information content (AvgIpc) is 3.06. The highest BCUT2D eigenvalue weighted by Crippen LogP contribution is 2.34. The van der Waals surface area contributed by atoms with Crippen molar-refractivity contribution in [3.63, 3.8) is 0 Å². The van der Waals surface area contributed by atoms with Crippen LogP contribution in [0.15, 0.2) is 24.4 Å². The first-order chi connectivity index (χ1) is 12.7. The van der Waals surface area contributed by atoms with Gasteiger partial charge in [0.15, 0.2) is 0 Å². The molecule has 1 N–H and O–H groups in total. The molecule has 3 rings (SSSR count). The zero-order valence-corrected chi connectivity index (χ0v) is 16.6. The fourth-order valence-corrected chi connectivity index (χ4v) is 4.66. The Bertz CT molecular complexity index is 670. The lowest BCUT2D eigenvalue weighted by Crippen LogP contribution is -2.36. The van der Waals surface area contributed by atoms with Crippen LogP contribution in [0.5, 0.6) is 0 Å². The molecule has 2 nitrogen and oxygen atoms in total. The van der Waals surface area contributed by atoms with E-state index in [-0.39, 0.29) is 5.82 Å². The van der Waals surface area contributed by atoms with E-state index in [0.717, 1.165) is 16.8 Å². The standard InChI is InChI=1S/C23H35FN2/c1-3-5-6-8-18(7-4-2)17-26-13-11-19(12-14-26)22-16-25-23-10-9-20(24)15-21(22)23/h9-10,15-16,18-19,25H,3-8,11-14,17H2,1-2H3. The van der Waals surface area contributed by atoms with Crippen molar-refractivity contribution in [2.75, 3.05) is 19.6 Å². The summed E-state index contributed by atoms with van der Waals surface area (Å²) in [7, 11) is 0. The van der Waals surface area contributed by atoms with Crippen molar-refractivity contribution in [2.45, 2.75) is 71.1 Å². The van der Waals surface area contributed by atoms with Crippen LogP contribution in [-0.2, 0) is 0 Å². The van der Waals surface area contributed by atoms with Crippen molar-refractivity contribution in [3.05, 3.63) is 35.8 Å². The molecule has 26 heavy (non-hydrogen) atoms. The number of H-pyrrole nitrogens is 1. The second kappa shape index (κ2) is 9.55. The number of unbranched alkanes of at least 4 members (excludes halogenated alkanes) is 2. The summed E-state index contributed by atoms with van der Waals surface area (Å²) in [5.74, 6) is 1.29. The number of nitrogens with zero attached hydrogens (tertiary/aromatic N) is 1. The third-order valence-corrected chi connectivity index (χ3v) is 6.13. The van der Waals surface area contributed by atoms with Gasteiger partial charge in [0.1, 0.15) is 5.82 Å². The lowest BCUT2D eigenvalue weighted by atomic mass is 9.88.